The second kappa shape index (κ2) is 3.50. The lowest BCUT2D eigenvalue weighted by Gasteiger charge is -2.13. The minimum Gasteiger partial charge on any atom is -0.493 e. The van der Waals surface area contributed by atoms with E-state index in [4.69, 9.17) is 14.2 Å². The van der Waals surface area contributed by atoms with E-state index in [1.54, 1.807) is 6.07 Å². The molecule has 0 radical (unpaired) electrons. The third kappa shape index (κ3) is 1.70. The van der Waals surface area contributed by atoms with E-state index in [9.17, 15) is 9.50 Å². The van der Waals surface area contributed by atoms with Crippen molar-refractivity contribution in [1.82, 2.24) is 0 Å². The Morgan fingerprint density at radius 3 is 2.88 bits per heavy atom. The Morgan fingerprint density at radius 2 is 2.24 bits per heavy atom. The van der Waals surface area contributed by atoms with E-state index in [2.05, 4.69) is 0 Å². The summed E-state index contributed by atoms with van der Waals surface area (Å²) >= 11 is 0. The van der Waals surface area contributed by atoms with Gasteiger partial charge in [0.2, 0.25) is 18.4 Å². The Bertz CT molecular complexity index is 468. The molecule has 17 heavy (non-hydrogen) atoms. The molecule has 0 spiro atoms. The van der Waals surface area contributed by atoms with Crippen molar-refractivity contribution in [2.75, 3.05) is 13.9 Å². The standard InChI is InChI=1S/C12H13FO4/c1-15-10-7(5-12(14)2-3-12)4-8-11(9(10)13)17-6-16-8/h4,14H,2-3,5-6H2,1H3. The van der Waals surface area contributed by atoms with Gasteiger partial charge in [0.25, 0.3) is 0 Å². The second-order valence-electron chi connectivity index (χ2n) is 4.52. The summed E-state index contributed by atoms with van der Waals surface area (Å²) in [7, 11) is 1.40. The molecule has 2 aliphatic rings. The van der Waals surface area contributed by atoms with Gasteiger partial charge in [-0.05, 0) is 18.9 Å². The molecule has 5 heteroatoms. The van der Waals surface area contributed by atoms with Crippen LogP contribution in [0.15, 0.2) is 6.07 Å². The van der Waals surface area contributed by atoms with Crippen LogP contribution in [0.25, 0.3) is 0 Å². The van der Waals surface area contributed by atoms with Gasteiger partial charge in [-0.2, -0.15) is 4.39 Å². The summed E-state index contributed by atoms with van der Waals surface area (Å²) in [6, 6.07) is 1.68. The number of hydrogen-bond acceptors (Lipinski definition) is 4. The summed E-state index contributed by atoms with van der Waals surface area (Å²) in [6.07, 6.45) is 1.86. The lowest BCUT2D eigenvalue weighted by molar-refractivity contribution is 0.149. The van der Waals surface area contributed by atoms with Gasteiger partial charge in [0.15, 0.2) is 11.5 Å². The fraction of sp³-hybridized carbons (Fsp3) is 0.500. The monoisotopic (exact) mass is 240 g/mol. The van der Waals surface area contributed by atoms with E-state index >= 15 is 0 Å². The zero-order valence-electron chi connectivity index (χ0n) is 9.46. The van der Waals surface area contributed by atoms with Crippen molar-refractivity contribution in [3.63, 3.8) is 0 Å². The summed E-state index contributed by atoms with van der Waals surface area (Å²) in [5.41, 5.74) is -0.0813. The van der Waals surface area contributed by atoms with Crippen LogP contribution >= 0.6 is 0 Å². The molecule has 1 aliphatic carbocycles. The molecule has 0 bridgehead atoms. The number of halogens is 1. The molecule has 0 atom stereocenters. The molecule has 3 rings (SSSR count). The van der Waals surface area contributed by atoms with Gasteiger partial charge in [0.05, 0.1) is 12.7 Å². The maximum Gasteiger partial charge on any atom is 0.231 e. The van der Waals surface area contributed by atoms with Crippen LogP contribution in [-0.4, -0.2) is 24.6 Å². The molecule has 1 aliphatic heterocycles. The van der Waals surface area contributed by atoms with Gasteiger partial charge in [0.1, 0.15) is 0 Å². The topological polar surface area (TPSA) is 47.9 Å². The van der Waals surface area contributed by atoms with Crippen LogP contribution in [0, 0.1) is 5.82 Å². The Balaban J connectivity index is 2.04. The van der Waals surface area contributed by atoms with Crippen molar-refractivity contribution in [2.24, 2.45) is 0 Å². The van der Waals surface area contributed by atoms with E-state index in [-0.39, 0.29) is 18.3 Å². The van der Waals surface area contributed by atoms with E-state index in [1.807, 2.05) is 0 Å². The Hall–Kier alpha value is -1.49. The molecule has 1 fully saturated rings. The highest BCUT2D eigenvalue weighted by Gasteiger charge is 2.41. The number of hydrogen-bond donors (Lipinski definition) is 1. The zero-order chi connectivity index (χ0) is 12.0. The van der Waals surface area contributed by atoms with Crippen molar-refractivity contribution < 1.29 is 23.7 Å². The fourth-order valence-electron chi connectivity index (χ4n) is 2.06. The number of fused-ring (bicyclic) bond motifs is 1. The quantitative estimate of drug-likeness (QED) is 0.872. The summed E-state index contributed by atoms with van der Waals surface area (Å²) in [4.78, 5) is 0. The van der Waals surface area contributed by atoms with Crippen LogP contribution in [0.4, 0.5) is 4.39 Å². The van der Waals surface area contributed by atoms with Crippen molar-refractivity contribution in [3.8, 4) is 17.2 Å². The minimum absolute atomic E-state index is 0.0170. The molecule has 1 saturated carbocycles. The van der Waals surface area contributed by atoms with Crippen LogP contribution in [0.1, 0.15) is 18.4 Å². The second-order valence-corrected chi connectivity index (χ2v) is 4.52. The maximum atomic E-state index is 14.0. The molecule has 0 unspecified atom stereocenters. The Kier molecular flexibility index (Phi) is 2.19. The highest BCUT2D eigenvalue weighted by atomic mass is 19.1. The van der Waals surface area contributed by atoms with Crippen LogP contribution in [0.2, 0.25) is 0 Å². The molecule has 4 nitrogen and oxygen atoms in total. The number of aliphatic hydroxyl groups is 1. The molecule has 0 amide bonds. The van der Waals surface area contributed by atoms with Crippen LogP contribution in [0.3, 0.4) is 0 Å². The first-order valence-electron chi connectivity index (χ1n) is 5.50. The van der Waals surface area contributed by atoms with Gasteiger partial charge in [-0.25, -0.2) is 0 Å². The molecule has 92 valence electrons. The largest absolute Gasteiger partial charge is 0.493 e. The van der Waals surface area contributed by atoms with Crippen LogP contribution in [0.5, 0.6) is 17.2 Å². The van der Waals surface area contributed by atoms with Crippen LogP contribution in [-0.2, 0) is 6.42 Å². The fourth-order valence-corrected chi connectivity index (χ4v) is 2.06. The van der Waals surface area contributed by atoms with Gasteiger partial charge in [-0.15, -0.1) is 0 Å². The number of benzene rings is 1. The number of rotatable bonds is 3. The first-order valence-corrected chi connectivity index (χ1v) is 5.50. The van der Waals surface area contributed by atoms with E-state index in [0.29, 0.717) is 17.7 Å². The Morgan fingerprint density at radius 1 is 1.47 bits per heavy atom. The van der Waals surface area contributed by atoms with Gasteiger partial charge in [0, 0.05) is 12.0 Å². The molecule has 1 N–H and O–H groups in total. The van der Waals surface area contributed by atoms with Gasteiger partial charge in [-0.1, -0.05) is 0 Å². The molecular weight excluding hydrogens is 227 g/mol. The molecule has 0 saturated heterocycles. The zero-order valence-corrected chi connectivity index (χ0v) is 9.46. The third-order valence-electron chi connectivity index (χ3n) is 3.19. The molecular formula is C12H13FO4. The highest BCUT2D eigenvalue weighted by Crippen LogP contribution is 2.46. The lowest BCUT2D eigenvalue weighted by atomic mass is 10.0. The first kappa shape index (κ1) is 10.7. The van der Waals surface area contributed by atoms with Crippen molar-refractivity contribution in [3.05, 3.63) is 17.4 Å². The average Bonchev–Trinajstić information content (AvgIpc) is 2.83. The van der Waals surface area contributed by atoms with Gasteiger partial charge >= 0.3 is 0 Å². The van der Waals surface area contributed by atoms with Crippen LogP contribution < -0.4 is 14.2 Å². The summed E-state index contributed by atoms with van der Waals surface area (Å²) < 4.78 is 29.3. The summed E-state index contributed by atoms with van der Waals surface area (Å²) in [6.45, 7) is 0.0170. The molecule has 1 aromatic carbocycles. The third-order valence-corrected chi connectivity index (χ3v) is 3.19. The highest BCUT2D eigenvalue weighted by molar-refractivity contribution is 5.54. The average molecular weight is 240 g/mol. The van der Waals surface area contributed by atoms with Crippen molar-refractivity contribution in [2.45, 2.75) is 24.9 Å². The molecule has 1 aromatic rings. The maximum absolute atomic E-state index is 14.0. The summed E-state index contributed by atoms with van der Waals surface area (Å²) in [5.74, 6) is 0.0484. The Labute approximate surface area is 97.9 Å². The van der Waals surface area contributed by atoms with E-state index < -0.39 is 11.4 Å². The summed E-state index contributed by atoms with van der Waals surface area (Å²) in [5, 5.41) is 9.89. The van der Waals surface area contributed by atoms with E-state index in [1.165, 1.54) is 7.11 Å². The number of methoxy groups -OCH3 is 1. The number of ether oxygens (including phenoxy) is 3. The lowest BCUT2D eigenvalue weighted by Crippen LogP contribution is -2.12. The predicted molar refractivity (Wildman–Crippen MR) is 57.0 cm³/mol. The van der Waals surface area contributed by atoms with Gasteiger partial charge in [-0.3, -0.25) is 0 Å². The molecule has 0 aromatic heterocycles. The van der Waals surface area contributed by atoms with E-state index in [0.717, 1.165) is 12.8 Å². The molecule has 1 heterocycles. The first-order chi connectivity index (χ1) is 8.13. The normalized spacial score (nSPS) is 19.2. The van der Waals surface area contributed by atoms with Crippen molar-refractivity contribution >= 4 is 0 Å². The smallest absolute Gasteiger partial charge is 0.231 e. The minimum atomic E-state index is -0.701. The van der Waals surface area contributed by atoms with Crippen molar-refractivity contribution in [1.29, 1.82) is 0 Å². The predicted octanol–water partition coefficient (Wildman–Crippen LogP) is 1.63. The van der Waals surface area contributed by atoms with Gasteiger partial charge < -0.3 is 19.3 Å². The SMILES string of the molecule is COc1c(CC2(O)CC2)cc2c(c1F)OCO2.